The number of rotatable bonds is 1. The van der Waals surface area contributed by atoms with Crippen LogP contribution in [0.4, 0.5) is 0 Å². The van der Waals surface area contributed by atoms with Crippen LogP contribution in [0.3, 0.4) is 0 Å². The van der Waals surface area contributed by atoms with E-state index in [4.69, 9.17) is 0 Å². The average Bonchev–Trinajstić information content (AvgIpc) is 2.34. The van der Waals surface area contributed by atoms with Crippen molar-refractivity contribution in [2.45, 2.75) is 20.3 Å². The predicted octanol–water partition coefficient (Wildman–Crippen LogP) is 1.24. The van der Waals surface area contributed by atoms with E-state index >= 15 is 0 Å². The number of aryl methyl sites for hydroxylation is 1. The molecule has 0 fully saturated rings. The van der Waals surface area contributed by atoms with Crippen molar-refractivity contribution in [1.82, 2.24) is 9.78 Å². The Morgan fingerprint density at radius 3 is 2.90 bits per heavy atom. The van der Waals surface area contributed by atoms with Gasteiger partial charge in [-0.1, -0.05) is 6.92 Å². The fourth-order valence-corrected chi connectivity index (χ4v) is 0.716. The third-order valence-electron chi connectivity index (χ3n) is 1.28. The van der Waals surface area contributed by atoms with Crippen molar-refractivity contribution in [1.29, 1.82) is 0 Å². The number of carbonyl (C=O) groups is 1. The second-order valence-electron chi connectivity index (χ2n) is 2.15. The van der Waals surface area contributed by atoms with E-state index < -0.39 is 0 Å². The standard InChI is InChI=1S/C7H10N2O/c1-3-7(10)9-5-4-6(2)8-9/h4-5H,3H2,1-2H3. The summed E-state index contributed by atoms with van der Waals surface area (Å²) in [5, 5.41) is 3.95. The van der Waals surface area contributed by atoms with Gasteiger partial charge in [-0.3, -0.25) is 4.79 Å². The fourth-order valence-electron chi connectivity index (χ4n) is 0.716. The van der Waals surface area contributed by atoms with E-state index in [2.05, 4.69) is 5.10 Å². The maximum absolute atomic E-state index is 10.9. The first-order chi connectivity index (χ1) is 4.74. The second-order valence-corrected chi connectivity index (χ2v) is 2.15. The first-order valence-electron chi connectivity index (χ1n) is 3.29. The largest absolute Gasteiger partial charge is 0.273 e. The molecule has 3 nitrogen and oxygen atoms in total. The Morgan fingerprint density at radius 2 is 2.50 bits per heavy atom. The molecule has 1 heterocycles. The molecule has 0 aliphatic carbocycles. The lowest BCUT2D eigenvalue weighted by Gasteiger charge is -1.92. The summed E-state index contributed by atoms with van der Waals surface area (Å²) in [6.07, 6.45) is 2.18. The maximum Gasteiger partial charge on any atom is 0.246 e. The zero-order valence-electron chi connectivity index (χ0n) is 6.16. The molecule has 0 unspecified atom stereocenters. The van der Waals surface area contributed by atoms with E-state index in [1.807, 2.05) is 19.9 Å². The van der Waals surface area contributed by atoms with Gasteiger partial charge in [0.05, 0.1) is 5.69 Å². The summed E-state index contributed by atoms with van der Waals surface area (Å²) in [5.74, 6) is 0.0353. The van der Waals surface area contributed by atoms with Crippen LogP contribution in [0.2, 0.25) is 0 Å². The topological polar surface area (TPSA) is 34.9 Å². The molecule has 0 saturated heterocycles. The summed E-state index contributed by atoms with van der Waals surface area (Å²) in [6.45, 7) is 3.68. The van der Waals surface area contributed by atoms with Crippen LogP contribution in [0.5, 0.6) is 0 Å². The minimum atomic E-state index is 0.0353. The summed E-state index contributed by atoms with van der Waals surface area (Å²) >= 11 is 0. The molecule has 0 bridgehead atoms. The van der Waals surface area contributed by atoms with Gasteiger partial charge in [-0.05, 0) is 13.0 Å². The monoisotopic (exact) mass is 138 g/mol. The lowest BCUT2D eigenvalue weighted by Crippen LogP contribution is -2.09. The molecule has 1 rings (SSSR count). The number of hydrogen-bond acceptors (Lipinski definition) is 2. The second kappa shape index (κ2) is 2.64. The van der Waals surface area contributed by atoms with Crippen LogP contribution < -0.4 is 0 Å². The molecular weight excluding hydrogens is 128 g/mol. The Kier molecular flexibility index (Phi) is 1.85. The molecule has 0 saturated carbocycles. The van der Waals surface area contributed by atoms with Gasteiger partial charge in [0.2, 0.25) is 5.91 Å². The molecule has 0 spiro atoms. The fraction of sp³-hybridized carbons (Fsp3) is 0.429. The quantitative estimate of drug-likeness (QED) is 0.585. The summed E-state index contributed by atoms with van der Waals surface area (Å²) in [5.41, 5.74) is 0.877. The third kappa shape index (κ3) is 1.23. The summed E-state index contributed by atoms with van der Waals surface area (Å²) in [7, 11) is 0. The smallest absolute Gasteiger partial charge is 0.246 e. The van der Waals surface area contributed by atoms with E-state index in [-0.39, 0.29) is 5.91 Å². The number of hydrogen-bond donors (Lipinski definition) is 0. The van der Waals surface area contributed by atoms with Crippen molar-refractivity contribution < 1.29 is 4.79 Å². The van der Waals surface area contributed by atoms with Gasteiger partial charge in [0, 0.05) is 12.6 Å². The highest BCUT2D eigenvalue weighted by atomic mass is 16.2. The zero-order chi connectivity index (χ0) is 7.56. The summed E-state index contributed by atoms with van der Waals surface area (Å²) < 4.78 is 1.37. The molecule has 0 radical (unpaired) electrons. The van der Waals surface area contributed by atoms with Crippen LogP contribution in [0.1, 0.15) is 23.8 Å². The summed E-state index contributed by atoms with van der Waals surface area (Å²) in [6, 6.07) is 1.81. The summed E-state index contributed by atoms with van der Waals surface area (Å²) in [4.78, 5) is 10.9. The van der Waals surface area contributed by atoms with Crippen LogP contribution >= 0.6 is 0 Å². The van der Waals surface area contributed by atoms with Crippen LogP contribution in [0, 0.1) is 6.92 Å². The van der Waals surface area contributed by atoms with Crippen LogP contribution in [-0.2, 0) is 0 Å². The van der Waals surface area contributed by atoms with Crippen LogP contribution in [0.15, 0.2) is 12.3 Å². The Morgan fingerprint density at radius 1 is 1.80 bits per heavy atom. The molecule has 3 heteroatoms. The minimum absolute atomic E-state index is 0.0353. The van der Waals surface area contributed by atoms with Crippen molar-refractivity contribution in [3.63, 3.8) is 0 Å². The van der Waals surface area contributed by atoms with Crippen molar-refractivity contribution in [3.05, 3.63) is 18.0 Å². The molecule has 54 valence electrons. The maximum atomic E-state index is 10.9. The van der Waals surface area contributed by atoms with Gasteiger partial charge < -0.3 is 0 Å². The Labute approximate surface area is 59.7 Å². The average molecular weight is 138 g/mol. The molecule has 0 aromatic carbocycles. The molecule has 0 atom stereocenters. The number of nitrogens with zero attached hydrogens (tertiary/aromatic N) is 2. The molecule has 1 aromatic rings. The van der Waals surface area contributed by atoms with Gasteiger partial charge in [-0.15, -0.1) is 0 Å². The molecular formula is C7H10N2O. The van der Waals surface area contributed by atoms with E-state index in [1.165, 1.54) is 4.68 Å². The first-order valence-corrected chi connectivity index (χ1v) is 3.29. The van der Waals surface area contributed by atoms with Gasteiger partial charge in [-0.25, -0.2) is 4.68 Å². The Bertz CT molecular complexity index is 240. The van der Waals surface area contributed by atoms with Crippen molar-refractivity contribution in [2.75, 3.05) is 0 Å². The molecule has 10 heavy (non-hydrogen) atoms. The molecule has 1 aromatic heterocycles. The van der Waals surface area contributed by atoms with Crippen LogP contribution in [0.25, 0.3) is 0 Å². The van der Waals surface area contributed by atoms with Crippen molar-refractivity contribution >= 4 is 5.91 Å². The highest BCUT2D eigenvalue weighted by molar-refractivity contribution is 5.77. The van der Waals surface area contributed by atoms with Crippen molar-refractivity contribution in [2.24, 2.45) is 0 Å². The lowest BCUT2D eigenvalue weighted by molar-refractivity contribution is 0.0892. The molecule has 0 aliphatic heterocycles. The van der Waals surface area contributed by atoms with Gasteiger partial charge in [0.15, 0.2) is 0 Å². The van der Waals surface area contributed by atoms with E-state index in [1.54, 1.807) is 6.20 Å². The normalized spacial score (nSPS) is 9.80. The molecule has 0 amide bonds. The molecule has 0 N–H and O–H groups in total. The van der Waals surface area contributed by atoms with E-state index in [9.17, 15) is 4.79 Å². The molecule has 0 aliphatic rings. The Hall–Kier alpha value is -1.12. The number of carbonyl (C=O) groups excluding carboxylic acids is 1. The van der Waals surface area contributed by atoms with E-state index in [0.717, 1.165) is 5.69 Å². The van der Waals surface area contributed by atoms with E-state index in [0.29, 0.717) is 6.42 Å². The third-order valence-corrected chi connectivity index (χ3v) is 1.28. The van der Waals surface area contributed by atoms with Gasteiger partial charge in [0.25, 0.3) is 0 Å². The van der Waals surface area contributed by atoms with Gasteiger partial charge in [-0.2, -0.15) is 5.10 Å². The first kappa shape index (κ1) is 6.99. The van der Waals surface area contributed by atoms with Crippen LogP contribution in [-0.4, -0.2) is 15.7 Å². The van der Waals surface area contributed by atoms with Gasteiger partial charge >= 0.3 is 0 Å². The number of aromatic nitrogens is 2. The highest BCUT2D eigenvalue weighted by Crippen LogP contribution is 1.93. The van der Waals surface area contributed by atoms with Crippen molar-refractivity contribution in [3.8, 4) is 0 Å². The Balaban J connectivity index is 2.85. The SMILES string of the molecule is CCC(=O)n1ccc(C)n1. The van der Waals surface area contributed by atoms with Gasteiger partial charge in [0.1, 0.15) is 0 Å². The predicted molar refractivity (Wildman–Crippen MR) is 37.9 cm³/mol. The zero-order valence-corrected chi connectivity index (χ0v) is 6.16. The highest BCUT2D eigenvalue weighted by Gasteiger charge is 2.00. The minimum Gasteiger partial charge on any atom is -0.273 e. The lowest BCUT2D eigenvalue weighted by atomic mass is 10.5.